The molecule has 1 aromatic carbocycles. The van der Waals surface area contributed by atoms with Gasteiger partial charge in [0, 0.05) is 18.6 Å². The molecule has 0 saturated heterocycles. The highest BCUT2D eigenvalue weighted by molar-refractivity contribution is 7.21. The standard InChI is InChI=1S/C20H20ClFN4O4S/c1-5-15(27)25-18-23-12-6-7-16(26-17(12)31-18)29-14-9-13(11(22)8-10(14)21)24-19(28)30-20(2,3)4/h6-9H,5H2,1-4H3,(H,24,28)(H,23,25,27). The number of benzene rings is 1. The summed E-state index contributed by atoms with van der Waals surface area (Å²) in [6.45, 7) is 6.82. The second kappa shape index (κ2) is 9.03. The molecule has 0 saturated carbocycles. The van der Waals surface area contributed by atoms with E-state index in [4.69, 9.17) is 21.1 Å². The van der Waals surface area contributed by atoms with E-state index in [0.717, 1.165) is 6.07 Å². The van der Waals surface area contributed by atoms with Crippen molar-refractivity contribution < 1.29 is 23.5 Å². The van der Waals surface area contributed by atoms with Crippen LogP contribution in [-0.4, -0.2) is 27.6 Å². The Labute approximate surface area is 186 Å². The predicted molar refractivity (Wildman–Crippen MR) is 118 cm³/mol. The topological polar surface area (TPSA) is 102 Å². The van der Waals surface area contributed by atoms with E-state index in [1.807, 2.05) is 0 Å². The Morgan fingerprint density at radius 1 is 1.19 bits per heavy atom. The third kappa shape index (κ3) is 6.02. The van der Waals surface area contributed by atoms with Crippen molar-refractivity contribution in [3.8, 4) is 11.6 Å². The minimum atomic E-state index is -0.814. The number of hydrogen-bond donors (Lipinski definition) is 2. The normalized spacial score (nSPS) is 11.3. The van der Waals surface area contributed by atoms with Gasteiger partial charge in [-0.15, -0.1) is 0 Å². The van der Waals surface area contributed by atoms with Crippen molar-refractivity contribution in [2.24, 2.45) is 0 Å². The molecule has 2 amide bonds. The van der Waals surface area contributed by atoms with E-state index in [1.165, 1.54) is 17.4 Å². The first-order valence-electron chi connectivity index (χ1n) is 9.28. The summed E-state index contributed by atoms with van der Waals surface area (Å²) in [5.74, 6) is -0.629. The van der Waals surface area contributed by atoms with Crippen LogP contribution in [0.15, 0.2) is 24.3 Å². The Bertz CT molecular complexity index is 1150. The minimum absolute atomic E-state index is 0.00524. The number of halogens is 2. The number of aromatic nitrogens is 2. The van der Waals surface area contributed by atoms with E-state index in [0.29, 0.717) is 21.9 Å². The first-order valence-corrected chi connectivity index (χ1v) is 10.5. The largest absolute Gasteiger partial charge is 0.444 e. The Morgan fingerprint density at radius 3 is 2.61 bits per heavy atom. The van der Waals surface area contributed by atoms with Gasteiger partial charge in [-0.25, -0.2) is 19.2 Å². The Kier molecular flexibility index (Phi) is 6.61. The highest BCUT2D eigenvalue weighted by atomic mass is 35.5. The lowest BCUT2D eigenvalue weighted by Gasteiger charge is -2.20. The van der Waals surface area contributed by atoms with Crippen LogP contribution in [0.25, 0.3) is 10.3 Å². The molecule has 11 heteroatoms. The number of amides is 2. The van der Waals surface area contributed by atoms with Crippen molar-refractivity contribution in [3.05, 3.63) is 35.1 Å². The lowest BCUT2D eigenvalue weighted by molar-refractivity contribution is -0.115. The molecule has 0 aliphatic carbocycles. The number of thiazole rings is 1. The van der Waals surface area contributed by atoms with Crippen molar-refractivity contribution in [1.82, 2.24) is 9.97 Å². The minimum Gasteiger partial charge on any atom is -0.444 e. The number of pyridine rings is 1. The van der Waals surface area contributed by atoms with Gasteiger partial charge in [-0.2, -0.15) is 0 Å². The summed E-state index contributed by atoms with van der Waals surface area (Å²) in [6.07, 6.45) is -0.481. The maximum absolute atomic E-state index is 14.2. The quantitative estimate of drug-likeness (QED) is 0.480. The molecular formula is C20H20ClFN4O4S. The van der Waals surface area contributed by atoms with E-state index in [1.54, 1.807) is 39.8 Å². The summed E-state index contributed by atoms with van der Waals surface area (Å²) in [4.78, 5) is 32.7. The lowest BCUT2D eigenvalue weighted by atomic mass is 10.2. The summed E-state index contributed by atoms with van der Waals surface area (Å²) < 4.78 is 25.1. The van der Waals surface area contributed by atoms with Gasteiger partial charge >= 0.3 is 6.09 Å². The van der Waals surface area contributed by atoms with Gasteiger partial charge < -0.3 is 14.8 Å². The van der Waals surface area contributed by atoms with Crippen LogP contribution in [0.2, 0.25) is 5.02 Å². The maximum Gasteiger partial charge on any atom is 0.412 e. The first-order chi connectivity index (χ1) is 14.5. The van der Waals surface area contributed by atoms with Crippen LogP contribution < -0.4 is 15.4 Å². The van der Waals surface area contributed by atoms with Crippen LogP contribution in [0.3, 0.4) is 0 Å². The molecule has 0 unspecified atom stereocenters. The number of ether oxygens (including phenoxy) is 2. The van der Waals surface area contributed by atoms with E-state index < -0.39 is 17.5 Å². The second-order valence-corrected chi connectivity index (χ2v) is 8.77. The van der Waals surface area contributed by atoms with E-state index in [-0.39, 0.29) is 28.2 Å². The molecule has 3 aromatic rings. The number of carbonyl (C=O) groups excluding carboxylic acids is 2. The molecule has 0 radical (unpaired) electrons. The fraction of sp³-hybridized carbons (Fsp3) is 0.300. The van der Waals surface area contributed by atoms with Crippen LogP contribution in [0, 0.1) is 5.82 Å². The van der Waals surface area contributed by atoms with Gasteiger partial charge in [-0.1, -0.05) is 29.9 Å². The van der Waals surface area contributed by atoms with E-state index >= 15 is 0 Å². The molecule has 3 rings (SSSR count). The molecule has 2 N–H and O–H groups in total. The van der Waals surface area contributed by atoms with Crippen molar-refractivity contribution >= 4 is 56.1 Å². The van der Waals surface area contributed by atoms with Crippen molar-refractivity contribution in [3.63, 3.8) is 0 Å². The Balaban J connectivity index is 1.82. The second-order valence-electron chi connectivity index (χ2n) is 7.39. The van der Waals surface area contributed by atoms with Crippen LogP contribution in [0.1, 0.15) is 34.1 Å². The highest BCUT2D eigenvalue weighted by Crippen LogP contribution is 2.35. The van der Waals surface area contributed by atoms with Gasteiger partial charge in [0.25, 0.3) is 0 Å². The summed E-state index contributed by atoms with van der Waals surface area (Å²) in [5, 5.41) is 5.43. The first kappa shape index (κ1) is 22.7. The molecule has 0 aliphatic rings. The molecule has 0 spiro atoms. The number of nitrogens with one attached hydrogen (secondary N) is 2. The van der Waals surface area contributed by atoms with Crippen molar-refractivity contribution in [2.45, 2.75) is 39.7 Å². The Morgan fingerprint density at radius 2 is 1.94 bits per heavy atom. The highest BCUT2D eigenvalue weighted by Gasteiger charge is 2.19. The van der Waals surface area contributed by atoms with Gasteiger partial charge in [-0.05, 0) is 32.9 Å². The van der Waals surface area contributed by atoms with Crippen molar-refractivity contribution in [1.29, 1.82) is 0 Å². The predicted octanol–water partition coefficient (Wildman–Crippen LogP) is 5.97. The molecule has 0 fully saturated rings. The monoisotopic (exact) mass is 466 g/mol. The average molecular weight is 467 g/mol. The molecule has 0 aliphatic heterocycles. The summed E-state index contributed by atoms with van der Waals surface area (Å²) >= 11 is 7.28. The smallest absolute Gasteiger partial charge is 0.412 e. The summed E-state index contributed by atoms with van der Waals surface area (Å²) in [5.41, 5.74) is -0.311. The molecule has 0 bridgehead atoms. The van der Waals surface area contributed by atoms with Gasteiger partial charge in [0.05, 0.1) is 10.7 Å². The number of fused-ring (bicyclic) bond motifs is 1. The fourth-order valence-electron chi connectivity index (χ4n) is 2.35. The SMILES string of the molecule is CCC(=O)Nc1nc2ccc(Oc3cc(NC(=O)OC(C)(C)C)c(F)cc3Cl)nc2s1. The molecule has 0 atom stereocenters. The lowest BCUT2D eigenvalue weighted by Crippen LogP contribution is -2.27. The third-order valence-electron chi connectivity index (χ3n) is 3.67. The number of rotatable bonds is 5. The zero-order valence-corrected chi connectivity index (χ0v) is 18.8. The third-order valence-corrected chi connectivity index (χ3v) is 4.85. The van der Waals surface area contributed by atoms with Crippen LogP contribution >= 0.6 is 22.9 Å². The van der Waals surface area contributed by atoms with Gasteiger partial charge in [0.2, 0.25) is 11.8 Å². The van der Waals surface area contributed by atoms with E-state index in [2.05, 4.69) is 20.6 Å². The maximum atomic E-state index is 14.2. The molecule has 2 heterocycles. The molecule has 31 heavy (non-hydrogen) atoms. The zero-order valence-electron chi connectivity index (χ0n) is 17.2. The van der Waals surface area contributed by atoms with Crippen LogP contribution in [0.5, 0.6) is 11.6 Å². The fourth-order valence-corrected chi connectivity index (χ4v) is 3.38. The molecular weight excluding hydrogens is 447 g/mol. The van der Waals surface area contributed by atoms with Crippen LogP contribution in [0.4, 0.5) is 20.0 Å². The molecule has 2 aromatic heterocycles. The van der Waals surface area contributed by atoms with Gasteiger partial charge in [0.15, 0.2) is 5.13 Å². The number of carbonyl (C=O) groups is 2. The van der Waals surface area contributed by atoms with Crippen LogP contribution in [-0.2, 0) is 9.53 Å². The molecule has 8 nitrogen and oxygen atoms in total. The van der Waals surface area contributed by atoms with Gasteiger partial charge in [0.1, 0.15) is 27.5 Å². The van der Waals surface area contributed by atoms with E-state index in [9.17, 15) is 14.0 Å². The number of hydrogen-bond acceptors (Lipinski definition) is 7. The zero-order chi connectivity index (χ0) is 22.8. The average Bonchev–Trinajstić information content (AvgIpc) is 3.05. The number of anilines is 2. The van der Waals surface area contributed by atoms with Gasteiger partial charge in [-0.3, -0.25) is 10.1 Å². The molecule has 164 valence electrons. The Hall–Kier alpha value is -2.98. The number of nitrogens with zero attached hydrogens (tertiary/aromatic N) is 2. The van der Waals surface area contributed by atoms with Crippen molar-refractivity contribution in [2.75, 3.05) is 10.6 Å². The summed E-state index contributed by atoms with van der Waals surface area (Å²) in [6, 6.07) is 5.50. The summed E-state index contributed by atoms with van der Waals surface area (Å²) in [7, 11) is 0.